The predicted molar refractivity (Wildman–Crippen MR) is 67.1 cm³/mol. The Balaban J connectivity index is 2.55. The van der Waals surface area contributed by atoms with Crippen molar-refractivity contribution >= 4 is 5.91 Å². The Morgan fingerprint density at radius 3 is 2.71 bits per heavy atom. The Kier molecular flexibility index (Phi) is 4.69. The smallest absolute Gasteiger partial charge is 0.239 e. The molecule has 1 aromatic rings. The average Bonchev–Trinajstić information content (AvgIpc) is 2.62. The third-order valence-electron chi connectivity index (χ3n) is 2.72. The quantitative estimate of drug-likeness (QED) is 0.823. The zero-order valence-electron chi connectivity index (χ0n) is 11.1. The van der Waals surface area contributed by atoms with Crippen LogP contribution in [0.15, 0.2) is 12.4 Å². The van der Waals surface area contributed by atoms with Crippen LogP contribution < -0.4 is 5.73 Å². The van der Waals surface area contributed by atoms with Gasteiger partial charge in [0.2, 0.25) is 5.91 Å². The molecule has 0 spiro atoms. The van der Waals surface area contributed by atoms with Gasteiger partial charge >= 0.3 is 0 Å². The summed E-state index contributed by atoms with van der Waals surface area (Å²) < 4.78 is 1.90. The molecule has 5 heteroatoms. The average molecular weight is 238 g/mol. The number of likely N-dealkylation sites (N-methyl/N-ethyl adjacent to an activating group) is 1. The Morgan fingerprint density at radius 2 is 2.24 bits per heavy atom. The maximum absolute atomic E-state index is 12.0. The van der Waals surface area contributed by atoms with Crippen molar-refractivity contribution in [2.24, 2.45) is 18.7 Å². The molecule has 0 aromatic carbocycles. The van der Waals surface area contributed by atoms with Crippen LogP contribution >= 0.6 is 0 Å². The van der Waals surface area contributed by atoms with Crippen molar-refractivity contribution in [1.29, 1.82) is 0 Å². The molecule has 0 aliphatic carbocycles. The van der Waals surface area contributed by atoms with E-state index in [2.05, 4.69) is 18.8 Å². The number of aromatic nitrogens is 2. The molecule has 2 N–H and O–H groups in total. The third-order valence-corrected chi connectivity index (χ3v) is 2.72. The van der Waals surface area contributed by atoms with Gasteiger partial charge in [-0.25, -0.2) is 4.98 Å². The molecule has 1 amide bonds. The lowest BCUT2D eigenvalue weighted by Crippen LogP contribution is -2.42. The van der Waals surface area contributed by atoms with E-state index in [0.717, 1.165) is 5.82 Å². The first-order valence-electron chi connectivity index (χ1n) is 5.88. The van der Waals surface area contributed by atoms with Gasteiger partial charge in [0.1, 0.15) is 5.82 Å². The molecule has 17 heavy (non-hydrogen) atoms. The summed E-state index contributed by atoms with van der Waals surface area (Å²) in [4.78, 5) is 17.8. The van der Waals surface area contributed by atoms with Crippen LogP contribution in [0.2, 0.25) is 0 Å². The van der Waals surface area contributed by atoms with Gasteiger partial charge in [0.05, 0.1) is 12.6 Å². The first kappa shape index (κ1) is 13.7. The van der Waals surface area contributed by atoms with Gasteiger partial charge in [0.15, 0.2) is 0 Å². The summed E-state index contributed by atoms with van der Waals surface area (Å²) in [6, 6.07) is -0.416. The molecule has 96 valence electrons. The number of hydrogen-bond acceptors (Lipinski definition) is 3. The minimum Gasteiger partial charge on any atom is -0.337 e. The molecule has 0 bridgehead atoms. The maximum Gasteiger partial charge on any atom is 0.239 e. The number of rotatable bonds is 5. The summed E-state index contributed by atoms with van der Waals surface area (Å²) in [5, 5.41) is 0. The lowest BCUT2D eigenvalue weighted by Gasteiger charge is -2.22. The van der Waals surface area contributed by atoms with E-state index in [9.17, 15) is 4.79 Å². The maximum atomic E-state index is 12.0. The molecule has 0 unspecified atom stereocenters. The van der Waals surface area contributed by atoms with Crippen LogP contribution in [0.4, 0.5) is 0 Å². The fourth-order valence-electron chi connectivity index (χ4n) is 1.73. The number of aryl methyl sites for hydroxylation is 1. The molecular weight excluding hydrogens is 216 g/mol. The molecule has 5 nitrogen and oxygen atoms in total. The summed E-state index contributed by atoms with van der Waals surface area (Å²) in [5.41, 5.74) is 5.87. The first-order valence-corrected chi connectivity index (χ1v) is 5.88. The highest BCUT2D eigenvalue weighted by Gasteiger charge is 2.19. The van der Waals surface area contributed by atoms with Crippen LogP contribution in [0.3, 0.4) is 0 Å². The zero-order valence-corrected chi connectivity index (χ0v) is 11.1. The monoisotopic (exact) mass is 238 g/mol. The summed E-state index contributed by atoms with van der Waals surface area (Å²) in [7, 11) is 3.67. The number of hydrogen-bond donors (Lipinski definition) is 1. The van der Waals surface area contributed by atoms with Crippen LogP contribution in [0, 0.1) is 5.92 Å². The minimum absolute atomic E-state index is 0.0262. The molecule has 0 saturated heterocycles. The third kappa shape index (κ3) is 3.85. The normalized spacial score (nSPS) is 12.8. The van der Waals surface area contributed by atoms with Crippen LogP contribution in [-0.2, 0) is 18.4 Å². The van der Waals surface area contributed by atoms with Gasteiger partial charge in [-0.05, 0) is 12.3 Å². The van der Waals surface area contributed by atoms with Crippen molar-refractivity contribution in [3.8, 4) is 0 Å². The van der Waals surface area contributed by atoms with Gasteiger partial charge in [-0.2, -0.15) is 0 Å². The van der Waals surface area contributed by atoms with Crippen molar-refractivity contribution in [2.75, 3.05) is 7.05 Å². The van der Waals surface area contributed by atoms with Crippen LogP contribution in [0.1, 0.15) is 26.1 Å². The number of imidazole rings is 1. The molecule has 0 aliphatic rings. The summed E-state index contributed by atoms with van der Waals surface area (Å²) in [5.74, 6) is 1.26. The fraction of sp³-hybridized carbons (Fsp3) is 0.667. The summed E-state index contributed by atoms with van der Waals surface area (Å²) >= 11 is 0. The van der Waals surface area contributed by atoms with Gasteiger partial charge in [-0.3, -0.25) is 4.79 Å². The topological polar surface area (TPSA) is 64.2 Å². The van der Waals surface area contributed by atoms with Crippen LogP contribution in [-0.4, -0.2) is 33.4 Å². The summed E-state index contributed by atoms with van der Waals surface area (Å²) in [6.07, 6.45) is 4.30. The van der Waals surface area contributed by atoms with E-state index < -0.39 is 6.04 Å². The Bertz CT molecular complexity index is 372. The van der Waals surface area contributed by atoms with Crippen molar-refractivity contribution in [1.82, 2.24) is 14.5 Å². The van der Waals surface area contributed by atoms with Gasteiger partial charge in [0, 0.05) is 26.5 Å². The second kappa shape index (κ2) is 5.82. The van der Waals surface area contributed by atoms with Crippen LogP contribution in [0.5, 0.6) is 0 Å². The number of carbonyl (C=O) groups excluding carboxylic acids is 1. The standard InChI is InChI=1S/C12H22N4O/c1-9(2)7-10(13)12(17)16(4)8-11-14-5-6-15(11)3/h5-6,9-10H,7-8,13H2,1-4H3/t10-/m1/s1. The number of nitrogens with two attached hydrogens (primary N) is 1. The number of amides is 1. The van der Waals surface area contributed by atoms with Gasteiger partial charge in [-0.1, -0.05) is 13.8 Å². The van der Waals surface area contributed by atoms with E-state index >= 15 is 0 Å². The number of carbonyl (C=O) groups is 1. The fourth-order valence-corrected chi connectivity index (χ4v) is 1.73. The van der Waals surface area contributed by atoms with E-state index in [4.69, 9.17) is 5.73 Å². The highest BCUT2D eigenvalue weighted by molar-refractivity contribution is 5.81. The molecule has 1 atom stereocenters. The highest BCUT2D eigenvalue weighted by atomic mass is 16.2. The van der Waals surface area contributed by atoms with E-state index in [1.807, 2.05) is 17.8 Å². The lowest BCUT2D eigenvalue weighted by molar-refractivity contribution is -0.132. The molecule has 0 fully saturated rings. The van der Waals surface area contributed by atoms with Gasteiger partial charge < -0.3 is 15.2 Å². The Hall–Kier alpha value is -1.36. The van der Waals surface area contributed by atoms with E-state index in [0.29, 0.717) is 18.9 Å². The van der Waals surface area contributed by atoms with E-state index in [1.54, 1.807) is 18.1 Å². The molecule has 1 heterocycles. The second-order valence-electron chi connectivity index (χ2n) is 4.88. The molecule has 1 aromatic heterocycles. The Labute approximate surface area is 103 Å². The largest absolute Gasteiger partial charge is 0.337 e. The molecular formula is C12H22N4O. The predicted octanol–water partition coefficient (Wildman–Crippen LogP) is 0.752. The van der Waals surface area contributed by atoms with Crippen molar-refractivity contribution in [3.63, 3.8) is 0 Å². The van der Waals surface area contributed by atoms with Crippen molar-refractivity contribution in [3.05, 3.63) is 18.2 Å². The van der Waals surface area contributed by atoms with Gasteiger partial charge in [-0.15, -0.1) is 0 Å². The lowest BCUT2D eigenvalue weighted by atomic mass is 10.0. The molecule has 0 aliphatic heterocycles. The zero-order chi connectivity index (χ0) is 13.0. The molecule has 1 rings (SSSR count). The van der Waals surface area contributed by atoms with E-state index in [-0.39, 0.29) is 5.91 Å². The Morgan fingerprint density at radius 1 is 1.59 bits per heavy atom. The summed E-state index contributed by atoms with van der Waals surface area (Å²) in [6.45, 7) is 4.62. The van der Waals surface area contributed by atoms with Crippen LogP contribution in [0.25, 0.3) is 0 Å². The first-order chi connectivity index (χ1) is 7.91. The number of nitrogens with zero attached hydrogens (tertiary/aromatic N) is 3. The SMILES string of the molecule is CC(C)C[C@@H](N)C(=O)N(C)Cc1nccn1C. The highest BCUT2D eigenvalue weighted by Crippen LogP contribution is 2.07. The second-order valence-corrected chi connectivity index (χ2v) is 4.88. The minimum atomic E-state index is -0.416. The van der Waals surface area contributed by atoms with Crippen molar-refractivity contribution in [2.45, 2.75) is 32.9 Å². The van der Waals surface area contributed by atoms with Crippen molar-refractivity contribution < 1.29 is 4.79 Å². The van der Waals surface area contributed by atoms with E-state index in [1.165, 1.54) is 0 Å². The molecule has 0 saturated carbocycles. The molecule has 0 radical (unpaired) electrons. The van der Waals surface area contributed by atoms with Gasteiger partial charge in [0.25, 0.3) is 0 Å².